The first-order chi connectivity index (χ1) is 8.06. The van der Waals surface area contributed by atoms with Gasteiger partial charge in [0, 0.05) is 19.0 Å². The minimum atomic E-state index is 0.849. The predicted octanol–water partition coefficient (Wildman–Crippen LogP) is 4.64. The molecule has 0 radical (unpaired) electrons. The fraction of sp³-hybridized carbons (Fsp3) is 0.143. The summed E-state index contributed by atoms with van der Waals surface area (Å²) in [7, 11) is 0. The molecule has 0 aliphatic carbocycles. The third kappa shape index (κ3) is 3.16. The van der Waals surface area contributed by atoms with Crippen LogP contribution in [0, 0.1) is 17.4 Å². The molecule has 0 atom stereocenters. The summed E-state index contributed by atoms with van der Waals surface area (Å²) in [6.07, 6.45) is 0. The highest BCUT2D eigenvalue weighted by molar-refractivity contribution is 14.1. The molecule has 0 spiro atoms. The zero-order valence-corrected chi connectivity index (χ0v) is 12.8. The van der Waals surface area contributed by atoms with E-state index in [2.05, 4.69) is 66.8 Å². The van der Waals surface area contributed by atoms with E-state index < -0.39 is 0 Å². The summed E-state index contributed by atoms with van der Waals surface area (Å²) in [4.78, 5) is 2.39. The van der Waals surface area contributed by atoms with Crippen molar-refractivity contribution in [2.24, 2.45) is 0 Å². The lowest BCUT2D eigenvalue weighted by atomic mass is 10.2. The quantitative estimate of drug-likeness (QED) is 0.627. The van der Waals surface area contributed by atoms with Crippen LogP contribution in [-0.4, -0.2) is 0 Å². The van der Waals surface area contributed by atoms with Gasteiger partial charge in [0.25, 0.3) is 0 Å². The Morgan fingerprint density at radius 1 is 1.00 bits per heavy atom. The summed E-state index contributed by atoms with van der Waals surface area (Å²) in [5.74, 6) is 0. The Balaban J connectivity index is 2.31. The summed E-state index contributed by atoms with van der Waals surface area (Å²) in [6.45, 7) is 4.25. The fourth-order valence-corrected chi connectivity index (χ4v) is 3.07. The van der Waals surface area contributed by atoms with Crippen molar-refractivity contribution in [2.45, 2.75) is 23.6 Å². The third-order valence-electron chi connectivity index (χ3n) is 2.52. The summed E-state index contributed by atoms with van der Waals surface area (Å²) in [5.41, 5.74) is 9.47. The van der Waals surface area contributed by atoms with Crippen molar-refractivity contribution in [1.29, 1.82) is 0 Å². The number of nitrogens with two attached hydrogens (primary N) is 1. The topological polar surface area (TPSA) is 26.0 Å². The second kappa shape index (κ2) is 5.31. The van der Waals surface area contributed by atoms with E-state index in [1.54, 1.807) is 11.8 Å². The molecule has 88 valence electrons. The summed E-state index contributed by atoms with van der Waals surface area (Å²) < 4.78 is 1.17. The van der Waals surface area contributed by atoms with E-state index in [1.807, 2.05) is 6.07 Å². The van der Waals surface area contributed by atoms with Crippen LogP contribution in [-0.2, 0) is 0 Å². The number of benzene rings is 2. The molecule has 0 aromatic heterocycles. The van der Waals surface area contributed by atoms with E-state index in [0.29, 0.717) is 0 Å². The van der Waals surface area contributed by atoms with Gasteiger partial charge in [-0.15, -0.1) is 0 Å². The highest BCUT2D eigenvalue weighted by Gasteiger charge is 2.05. The third-order valence-corrected chi connectivity index (χ3v) is 4.46. The van der Waals surface area contributed by atoms with Crippen LogP contribution in [0.15, 0.2) is 46.2 Å². The molecule has 2 rings (SSSR count). The highest BCUT2D eigenvalue weighted by Crippen LogP contribution is 2.34. The lowest BCUT2D eigenvalue weighted by Gasteiger charge is -2.09. The molecule has 0 fully saturated rings. The van der Waals surface area contributed by atoms with Gasteiger partial charge in [-0.3, -0.25) is 0 Å². The van der Waals surface area contributed by atoms with Gasteiger partial charge in [-0.05, 0) is 66.3 Å². The molecule has 0 saturated carbocycles. The van der Waals surface area contributed by atoms with Crippen LogP contribution in [0.4, 0.5) is 5.69 Å². The molecular weight excluding hydrogens is 341 g/mol. The van der Waals surface area contributed by atoms with Gasteiger partial charge in [-0.1, -0.05) is 29.5 Å². The van der Waals surface area contributed by atoms with Gasteiger partial charge in [0.1, 0.15) is 0 Å². The Labute approximate surface area is 120 Å². The molecule has 0 saturated heterocycles. The Morgan fingerprint density at radius 3 is 2.35 bits per heavy atom. The SMILES string of the molecule is Cc1ccc(Sc2ccc(I)cc2N)c(C)c1. The lowest BCUT2D eigenvalue weighted by molar-refractivity contribution is 1.26. The number of anilines is 1. The van der Waals surface area contributed by atoms with E-state index in [9.17, 15) is 0 Å². The average molecular weight is 355 g/mol. The van der Waals surface area contributed by atoms with Gasteiger partial charge in [-0.25, -0.2) is 0 Å². The molecule has 0 aliphatic rings. The number of nitrogen functional groups attached to an aromatic ring is 1. The Bertz CT molecular complexity index is 502. The zero-order valence-electron chi connectivity index (χ0n) is 9.83. The molecule has 0 aliphatic heterocycles. The first-order valence-corrected chi connectivity index (χ1v) is 7.26. The van der Waals surface area contributed by atoms with E-state index in [1.165, 1.54) is 19.6 Å². The predicted molar refractivity (Wildman–Crippen MR) is 83.6 cm³/mol. The first-order valence-electron chi connectivity index (χ1n) is 5.36. The van der Waals surface area contributed by atoms with Crippen LogP contribution < -0.4 is 5.73 Å². The molecule has 0 heterocycles. The van der Waals surface area contributed by atoms with Crippen molar-refractivity contribution in [3.8, 4) is 0 Å². The number of rotatable bonds is 2. The molecule has 3 heteroatoms. The van der Waals surface area contributed by atoms with Crippen molar-refractivity contribution in [1.82, 2.24) is 0 Å². The highest BCUT2D eigenvalue weighted by atomic mass is 127. The van der Waals surface area contributed by atoms with Crippen LogP contribution in [0.5, 0.6) is 0 Å². The van der Waals surface area contributed by atoms with Crippen molar-refractivity contribution >= 4 is 40.0 Å². The monoisotopic (exact) mass is 355 g/mol. The van der Waals surface area contributed by atoms with Crippen molar-refractivity contribution < 1.29 is 0 Å². The van der Waals surface area contributed by atoms with Gasteiger partial charge in [0.15, 0.2) is 0 Å². The van der Waals surface area contributed by atoms with Gasteiger partial charge in [-0.2, -0.15) is 0 Å². The van der Waals surface area contributed by atoms with Crippen molar-refractivity contribution in [3.05, 3.63) is 51.1 Å². The summed E-state index contributed by atoms with van der Waals surface area (Å²) in [5, 5.41) is 0. The van der Waals surface area contributed by atoms with E-state index in [4.69, 9.17) is 5.73 Å². The van der Waals surface area contributed by atoms with Gasteiger partial charge >= 0.3 is 0 Å². The zero-order chi connectivity index (χ0) is 12.4. The molecular formula is C14H14INS. The fourth-order valence-electron chi connectivity index (χ4n) is 1.64. The number of hydrogen-bond acceptors (Lipinski definition) is 2. The van der Waals surface area contributed by atoms with Crippen LogP contribution in [0.3, 0.4) is 0 Å². The van der Waals surface area contributed by atoms with E-state index >= 15 is 0 Å². The lowest BCUT2D eigenvalue weighted by Crippen LogP contribution is -1.90. The molecule has 0 bridgehead atoms. The molecule has 2 N–H and O–H groups in total. The largest absolute Gasteiger partial charge is 0.398 e. The second-order valence-electron chi connectivity index (χ2n) is 4.05. The van der Waals surface area contributed by atoms with Crippen LogP contribution in [0.1, 0.15) is 11.1 Å². The maximum absolute atomic E-state index is 6.02. The minimum absolute atomic E-state index is 0.849. The number of halogens is 1. The standard InChI is InChI=1S/C14H14INS/c1-9-3-5-13(10(2)7-9)17-14-6-4-11(15)8-12(14)16/h3-8H,16H2,1-2H3. The average Bonchev–Trinajstić information content (AvgIpc) is 2.25. The molecule has 2 aromatic carbocycles. The van der Waals surface area contributed by atoms with Gasteiger partial charge in [0.05, 0.1) is 0 Å². The van der Waals surface area contributed by atoms with Crippen molar-refractivity contribution in [2.75, 3.05) is 5.73 Å². The van der Waals surface area contributed by atoms with Crippen LogP contribution in [0.2, 0.25) is 0 Å². The smallest absolute Gasteiger partial charge is 0.0466 e. The van der Waals surface area contributed by atoms with E-state index in [-0.39, 0.29) is 0 Å². The summed E-state index contributed by atoms with van der Waals surface area (Å²) in [6, 6.07) is 12.7. The number of hydrogen-bond donors (Lipinski definition) is 1. The Morgan fingerprint density at radius 2 is 1.71 bits per heavy atom. The Hall–Kier alpha value is -0.680. The normalized spacial score (nSPS) is 10.5. The number of aryl methyl sites for hydroxylation is 2. The molecule has 2 aromatic rings. The summed E-state index contributed by atoms with van der Waals surface area (Å²) >= 11 is 4.00. The second-order valence-corrected chi connectivity index (χ2v) is 6.38. The van der Waals surface area contributed by atoms with Crippen LogP contribution >= 0.6 is 34.4 Å². The molecule has 0 unspecified atom stereocenters. The Kier molecular flexibility index (Phi) is 3.99. The van der Waals surface area contributed by atoms with Gasteiger partial charge < -0.3 is 5.73 Å². The van der Waals surface area contributed by atoms with Crippen LogP contribution in [0.25, 0.3) is 0 Å². The molecule has 1 nitrogen and oxygen atoms in total. The molecule has 0 amide bonds. The first kappa shape index (κ1) is 12.8. The molecule has 17 heavy (non-hydrogen) atoms. The minimum Gasteiger partial charge on any atom is -0.398 e. The maximum Gasteiger partial charge on any atom is 0.0466 e. The maximum atomic E-state index is 6.02. The van der Waals surface area contributed by atoms with E-state index in [0.717, 1.165) is 10.6 Å². The van der Waals surface area contributed by atoms with Crippen molar-refractivity contribution in [3.63, 3.8) is 0 Å². The van der Waals surface area contributed by atoms with Gasteiger partial charge in [0.2, 0.25) is 0 Å².